The van der Waals surface area contributed by atoms with Gasteiger partial charge in [-0.1, -0.05) is 13.8 Å². The molecule has 1 aliphatic heterocycles. The fourth-order valence-corrected chi connectivity index (χ4v) is 2.01. The number of ether oxygens (including phenoxy) is 1. The van der Waals surface area contributed by atoms with E-state index in [1.165, 1.54) is 25.9 Å². The Morgan fingerprint density at radius 2 is 2.27 bits per heavy atom. The van der Waals surface area contributed by atoms with E-state index in [4.69, 9.17) is 4.74 Å². The van der Waals surface area contributed by atoms with Gasteiger partial charge in [0.1, 0.15) is 0 Å². The lowest BCUT2D eigenvalue weighted by Crippen LogP contribution is -2.45. The molecular weight excluding hydrogens is 188 g/mol. The van der Waals surface area contributed by atoms with Crippen LogP contribution in [0.3, 0.4) is 0 Å². The highest BCUT2D eigenvalue weighted by Crippen LogP contribution is 2.09. The lowest BCUT2D eigenvalue weighted by molar-refractivity contribution is 0.0755. The summed E-state index contributed by atoms with van der Waals surface area (Å²) in [6.07, 6.45) is 2.63. The maximum Gasteiger partial charge on any atom is 0.0593 e. The van der Waals surface area contributed by atoms with Crippen LogP contribution in [0, 0.1) is 5.92 Å². The van der Waals surface area contributed by atoms with Crippen molar-refractivity contribution in [3.63, 3.8) is 0 Å². The molecule has 3 heteroatoms. The molecule has 1 N–H and O–H groups in total. The van der Waals surface area contributed by atoms with Gasteiger partial charge in [-0.15, -0.1) is 0 Å². The van der Waals surface area contributed by atoms with Gasteiger partial charge in [0, 0.05) is 25.7 Å². The molecule has 1 heterocycles. The molecule has 1 aliphatic rings. The van der Waals surface area contributed by atoms with Gasteiger partial charge in [-0.05, 0) is 32.4 Å². The average molecular weight is 214 g/mol. The third-order valence-corrected chi connectivity index (χ3v) is 2.92. The number of piperidine rings is 1. The minimum Gasteiger partial charge on any atom is -0.380 e. The number of hydrogen-bond acceptors (Lipinski definition) is 3. The molecule has 0 aliphatic carbocycles. The summed E-state index contributed by atoms with van der Waals surface area (Å²) in [5.41, 5.74) is 0. The molecular formula is C12H26N2O. The second-order valence-corrected chi connectivity index (χ2v) is 4.90. The van der Waals surface area contributed by atoms with E-state index in [1.807, 2.05) is 0 Å². The molecule has 0 radical (unpaired) electrons. The van der Waals surface area contributed by atoms with E-state index in [9.17, 15) is 0 Å². The molecule has 0 saturated carbocycles. The highest BCUT2D eigenvalue weighted by Gasteiger charge is 2.17. The van der Waals surface area contributed by atoms with E-state index in [0.29, 0.717) is 12.0 Å². The smallest absolute Gasteiger partial charge is 0.0593 e. The number of likely N-dealkylation sites (tertiary alicyclic amines) is 1. The van der Waals surface area contributed by atoms with Crippen molar-refractivity contribution in [3.05, 3.63) is 0 Å². The number of nitrogens with zero attached hydrogens (tertiary/aromatic N) is 1. The van der Waals surface area contributed by atoms with Gasteiger partial charge < -0.3 is 10.1 Å². The van der Waals surface area contributed by atoms with Crippen molar-refractivity contribution in [2.75, 3.05) is 39.9 Å². The topological polar surface area (TPSA) is 24.5 Å². The van der Waals surface area contributed by atoms with E-state index < -0.39 is 0 Å². The molecule has 0 bridgehead atoms. The zero-order valence-electron chi connectivity index (χ0n) is 10.5. The Bertz CT molecular complexity index is 162. The monoisotopic (exact) mass is 214 g/mol. The molecule has 1 rings (SSSR count). The van der Waals surface area contributed by atoms with E-state index in [2.05, 4.69) is 31.1 Å². The van der Waals surface area contributed by atoms with Gasteiger partial charge in [-0.25, -0.2) is 0 Å². The van der Waals surface area contributed by atoms with Crippen LogP contribution in [0.5, 0.6) is 0 Å². The molecule has 0 aromatic heterocycles. The molecule has 0 amide bonds. The summed E-state index contributed by atoms with van der Waals surface area (Å²) in [5.74, 6) is 0.649. The van der Waals surface area contributed by atoms with Crippen LogP contribution >= 0.6 is 0 Å². The average Bonchev–Trinajstić information content (AvgIpc) is 2.24. The van der Waals surface area contributed by atoms with Gasteiger partial charge in [-0.2, -0.15) is 0 Å². The second-order valence-electron chi connectivity index (χ2n) is 4.90. The number of hydrogen-bond donors (Lipinski definition) is 1. The van der Waals surface area contributed by atoms with Crippen molar-refractivity contribution in [2.45, 2.75) is 32.7 Å². The first kappa shape index (κ1) is 12.9. The van der Waals surface area contributed by atoms with Crippen LogP contribution in [-0.4, -0.2) is 50.8 Å². The zero-order valence-corrected chi connectivity index (χ0v) is 10.5. The molecule has 0 spiro atoms. The molecule has 1 atom stereocenters. The van der Waals surface area contributed by atoms with Crippen LogP contribution < -0.4 is 5.32 Å². The van der Waals surface area contributed by atoms with E-state index >= 15 is 0 Å². The van der Waals surface area contributed by atoms with E-state index in [0.717, 1.165) is 19.8 Å². The number of rotatable bonds is 6. The summed E-state index contributed by atoms with van der Waals surface area (Å²) in [4.78, 5) is 2.50. The molecule has 15 heavy (non-hydrogen) atoms. The maximum atomic E-state index is 5.60. The third-order valence-electron chi connectivity index (χ3n) is 2.92. The first-order chi connectivity index (χ1) is 7.22. The van der Waals surface area contributed by atoms with Crippen molar-refractivity contribution < 1.29 is 4.74 Å². The predicted molar refractivity (Wildman–Crippen MR) is 64.2 cm³/mol. The number of nitrogens with one attached hydrogen (secondary N) is 1. The summed E-state index contributed by atoms with van der Waals surface area (Å²) in [6.45, 7) is 9.67. The standard InChI is InChI=1S/C12H26N2O/c1-11(2)10-15-8-7-14-6-4-5-12(9-14)13-3/h11-13H,4-10H2,1-3H3. The van der Waals surface area contributed by atoms with Gasteiger partial charge in [0.2, 0.25) is 0 Å². The molecule has 1 fully saturated rings. The first-order valence-electron chi connectivity index (χ1n) is 6.19. The van der Waals surface area contributed by atoms with Gasteiger partial charge >= 0.3 is 0 Å². The maximum absolute atomic E-state index is 5.60. The molecule has 0 aromatic rings. The fourth-order valence-electron chi connectivity index (χ4n) is 2.01. The fraction of sp³-hybridized carbons (Fsp3) is 1.00. The summed E-state index contributed by atoms with van der Waals surface area (Å²) in [5, 5.41) is 3.36. The molecule has 3 nitrogen and oxygen atoms in total. The summed E-state index contributed by atoms with van der Waals surface area (Å²) >= 11 is 0. The lowest BCUT2D eigenvalue weighted by atomic mass is 10.1. The quantitative estimate of drug-likeness (QED) is 0.675. The largest absolute Gasteiger partial charge is 0.380 e. The minimum atomic E-state index is 0.649. The Hall–Kier alpha value is -0.120. The van der Waals surface area contributed by atoms with E-state index in [-0.39, 0.29) is 0 Å². The van der Waals surface area contributed by atoms with Gasteiger partial charge in [-0.3, -0.25) is 4.90 Å². The Morgan fingerprint density at radius 3 is 2.93 bits per heavy atom. The van der Waals surface area contributed by atoms with Crippen molar-refractivity contribution in [3.8, 4) is 0 Å². The van der Waals surface area contributed by atoms with Gasteiger partial charge in [0.15, 0.2) is 0 Å². The van der Waals surface area contributed by atoms with Crippen molar-refractivity contribution in [1.29, 1.82) is 0 Å². The first-order valence-corrected chi connectivity index (χ1v) is 6.19. The minimum absolute atomic E-state index is 0.649. The highest BCUT2D eigenvalue weighted by atomic mass is 16.5. The summed E-state index contributed by atoms with van der Waals surface area (Å²) < 4.78 is 5.60. The Labute approximate surface area is 94.2 Å². The van der Waals surface area contributed by atoms with Crippen LogP contribution in [0.25, 0.3) is 0 Å². The van der Waals surface area contributed by atoms with Gasteiger partial charge in [0.25, 0.3) is 0 Å². The summed E-state index contributed by atoms with van der Waals surface area (Å²) in [6, 6.07) is 0.684. The summed E-state index contributed by atoms with van der Waals surface area (Å²) in [7, 11) is 2.06. The van der Waals surface area contributed by atoms with Gasteiger partial charge in [0.05, 0.1) is 6.61 Å². The van der Waals surface area contributed by atoms with Crippen LogP contribution in [0.4, 0.5) is 0 Å². The third kappa shape index (κ3) is 5.50. The Morgan fingerprint density at radius 1 is 1.47 bits per heavy atom. The lowest BCUT2D eigenvalue weighted by Gasteiger charge is -2.32. The molecule has 1 saturated heterocycles. The Balaban J connectivity index is 2.05. The van der Waals surface area contributed by atoms with Crippen LogP contribution in [0.1, 0.15) is 26.7 Å². The van der Waals surface area contributed by atoms with Crippen molar-refractivity contribution in [1.82, 2.24) is 10.2 Å². The normalized spacial score (nSPS) is 23.6. The molecule has 1 unspecified atom stereocenters. The highest BCUT2D eigenvalue weighted by molar-refractivity contribution is 4.76. The van der Waals surface area contributed by atoms with Crippen LogP contribution in [-0.2, 0) is 4.74 Å². The SMILES string of the molecule is CNC1CCCN(CCOCC(C)C)C1. The predicted octanol–water partition coefficient (Wildman–Crippen LogP) is 1.34. The van der Waals surface area contributed by atoms with E-state index in [1.54, 1.807) is 0 Å². The number of likely N-dealkylation sites (N-methyl/N-ethyl adjacent to an activating group) is 1. The van der Waals surface area contributed by atoms with Crippen LogP contribution in [0.15, 0.2) is 0 Å². The van der Waals surface area contributed by atoms with Crippen molar-refractivity contribution >= 4 is 0 Å². The second kappa shape index (κ2) is 7.20. The molecule has 90 valence electrons. The van der Waals surface area contributed by atoms with Crippen LogP contribution in [0.2, 0.25) is 0 Å². The Kier molecular flexibility index (Phi) is 6.22. The molecule has 0 aromatic carbocycles. The zero-order chi connectivity index (χ0) is 11.1. The van der Waals surface area contributed by atoms with Crippen molar-refractivity contribution in [2.24, 2.45) is 5.92 Å².